The molecule has 0 radical (unpaired) electrons. The van der Waals surface area contributed by atoms with Gasteiger partial charge in [-0.15, -0.1) is 5.10 Å². The third-order valence-electron chi connectivity index (χ3n) is 4.72. The standard InChI is InChI=1S/C20H20N4O2/c25-18(14-24-13-7-12-17(24)15-8-3-1-4-9-15)21-20-23-22-19(26-20)16-10-5-2-6-11-16/h1-6,8-11,17H,7,12-14H2,(H,21,23,25)/t17-/m0/s1. The average molecular weight is 348 g/mol. The van der Waals surface area contributed by atoms with Crippen LogP contribution in [0.5, 0.6) is 0 Å². The topological polar surface area (TPSA) is 78.8 Å². The molecule has 1 aromatic heterocycles. The van der Waals surface area contributed by atoms with Crippen LogP contribution in [0.3, 0.4) is 0 Å². The minimum Gasteiger partial charge on any atom is -0.858 e. The first kappa shape index (κ1) is 16.5. The monoisotopic (exact) mass is 348 g/mol. The number of nitrogens with one attached hydrogen (secondary N) is 1. The molecule has 0 saturated carbocycles. The molecule has 6 heteroatoms. The van der Waals surface area contributed by atoms with Crippen molar-refractivity contribution in [3.05, 3.63) is 66.2 Å². The lowest BCUT2D eigenvalue weighted by molar-refractivity contribution is -0.911. The van der Waals surface area contributed by atoms with Crippen LogP contribution in [-0.2, 0) is 0 Å². The van der Waals surface area contributed by atoms with Gasteiger partial charge in [-0.25, -0.2) is 4.99 Å². The van der Waals surface area contributed by atoms with Gasteiger partial charge in [-0.05, 0) is 12.1 Å². The van der Waals surface area contributed by atoms with E-state index in [4.69, 9.17) is 4.42 Å². The molecular weight excluding hydrogens is 328 g/mol. The van der Waals surface area contributed by atoms with E-state index >= 15 is 0 Å². The number of aromatic nitrogens is 2. The van der Waals surface area contributed by atoms with Crippen LogP contribution in [0.4, 0.5) is 6.01 Å². The number of benzene rings is 2. The Hall–Kier alpha value is -2.99. The van der Waals surface area contributed by atoms with Crippen molar-refractivity contribution in [2.45, 2.75) is 18.9 Å². The first-order valence-corrected chi connectivity index (χ1v) is 8.82. The van der Waals surface area contributed by atoms with E-state index in [0.717, 1.165) is 24.9 Å². The highest BCUT2D eigenvalue weighted by atomic mass is 16.4. The van der Waals surface area contributed by atoms with E-state index in [9.17, 15) is 5.11 Å². The number of hydrogen-bond donors (Lipinski definition) is 1. The Bertz CT molecular complexity index is 877. The number of likely N-dealkylation sites (tertiary alicyclic amines) is 1. The zero-order valence-corrected chi connectivity index (χ0v) is 14.3. The van der Waals surface area contributed by atoms with E-state index < -0.39 is 0 Å². The molecule has 0 aliphatic carbocycles. The van der Waals surface area contributed by atoms with E-state index in [2.05, 4.69) is 27.3 Å². The van der Waals surface area contributed by atoms with Crippen LogP contribution < -0.4 is 10.0 Å². The van der Waals surface area contributed by atoms with Gasteiger partial charge < -0.3 is 14.4 Å². The molecule has 6 nitrogen and oxygen atoms in total. The van der Waals surface area contributed by atoms with Crippen LogP contribution >= 0.6 is 0 Å². The SMILES string of the molecule is [O-]C(C[NH+]1CCC[C@H]1c1ccccc1)=Nc1nnc(-c2ccccc2)o1. The lowest BCUT2D eigenvalue weighted by Crippen LogP contribution is -3.11. The van der Waals surface area contributed by atoms with Crippen molar-refractivity contribution in [2.75, 3.05) is 13.1 Å². The van der Waals surface area contributed by atoms with Crippen molar-refractivity contribution in [3.8, 4) is 11.5 Å². The third kappa shape index (κ3) is 3.65. The van der Waals surface area contributed by atoms with Crippen molar-refractivity contribution >= 4 is 11.9 Å². The number of quaternary nitrogens is 1. The Balaban J connectivity index is 1.46. The minimum atomic E-state index is -0.230. The maximum Gasteiger partial charge on any atom is 0.341 e. The number of aliphatic imine (C=N–C) groups is 1. The fraction of sp³-hybridized carbons (Fsp3) is 0.250. The Morgan fingerprint density at radius 1 is 1.08 bits per heavy atom. The maximum absolute atomic E-state index is 12.4. The molecule has 1 saturated heterocycles. The predicted octanol–water partition coefficient (Wildman–Crippen LogP) is 1.55. The summed E-state index contributed by atoms with van der Waals surface area (Å²) < 4.78 is 5.50. The van der Waals surface area contributed by atoms with E-state index in [-0.39, 0.29) is 11.9 Å². The van der Waals surface area contributed by atoms with Crippen molar-refractivity contribution in [3.63, 3.8) is 0 Å². The molecule has 1 aliphatic heterocycles. The number of nitrogens with zero attached hydrogens (tertiary/aromatic N) is 3. The van der Waals surface area contributed by atoms with Crippen LogP contribution in [0.25, 0.3) is 11.5 Å². The van der Waals surface area contributed by atoms with Gasteiger partial charge in [0.25, 0.3) is 0 Å². The van der Waals surface area contributed by atoms with Crippen molar-refractivity contribution in [1.29, 1.82) is 0 Å². The zero-order chi connectivity index (χ0) is 17.8. The number of rotatable bonds is 5. The van der Waals surface area contributed by atoms with Gasteiger partial charge in [-0.2, -0.15) is 0 Å². The third-order valence-corrected chi connectivity index (χ3v) is 4.72. The summed E-state index contributed by atoms with van der Waals surface area (Å²) >= 11 is 0. The maximum atomic E-state index is 12.4. The molecule has 1 unspecified atom stereocenters. The summed E-state index contributed by atoms with van der Waals surface area (Å²) in [7, 11) is 0. The van der Waals surface area contributed by atoms with Crippen molar-refractivity contribution < 1.29 is 14.4 Å². The largest absolute Gasteiger partial charge is 0.858 e. The van der Waals surface area contributed by atoms with Crippen LogP contribution in [0, 0.1) is 0 Å². The second kappa shape index (κ2) is 7.49. The molecule has 1 fully saturated rings. The van der Waals surface area contributed by atoms with Gasteiger partial charge in [0.05, 0.1) is 6.54 Å². The van der Waals surface area contributed by atoms with Crippen LogP contribution in [0.1, 0.15) is 24.4 Å². The molecular formula is C20H20N4O2. The summed E-state index contributed by atoms with van der Waals surface area (Å²) in [4.78, 5) is 5.24. The quantitative estimate of drug-likeness (QED) is 0.560. The van der Waals surface area contributed by atoms with Gasteiger partial charge in [0.2, 0.25) is 5.89 Å². The molecule has 4 rings (SSSR count). The highest BCUT2D eigenvalue weighted by Crippen LogP contribution is 2.21. The van der Waals surface area contributed by atoms with Crippen molar-refractivity contribution in [1.82, 2.24) is 10.2 Å². The molecule has 2 heterocycles. The molecule has 0 spiro atoms. The summed E-state index contributed by atoms with van der Waals surface area (Å²) in [6.45, 7) is 1.31. The Labute approximate surface area is 151 Å². The van der Waals surface area contributed by atoms with Crippen LogP contribution in [0.15, 0.2) is 70.1 Å². The highest BCUT2D eigenvalue weighted by molar-refractivity contribution is 5.74. The number of hydrogen-bond acceptors (Lipinski definition) is 5. The molecule has 1 N–H and O–H groups in total. The van der Waals surface area contributed by atoms with Crippen molar-refractivity contribution in [2.24, 2.45) is 4.99 Å². The van der Waals surface area contributed by atoms with E-state index in [1.54, 1.807) is 0 Å². The summed E-state index contributed by atoms with van der Waals surface area (Å²) in [5.74, 6) is 0.138. The summed E-state index contributed by atoms with van der Waals surface area (Å²) in [6.07, 6.45) is 2.20. The molecule has 2 atom stereocenters. The molecule has 26 heavy (non-hydrogen) atoms. The Morgan fingerprint density at radius 2 is 1.81 bits per heavy atom. The van der Waals surface area contributed by atoms with Gasteiger partial charge in [0, 0.05) is 29.9 Å². The van der Waals surface area contributed by atoms with E-state index in [0.29, 0.717) is 18.5 Å². The van der Waals surface area contributed by atoms with Crippen LogP contribution in [-0.4, -0.2) is 29.2 Å². The molecule has 132 valence electrons. The first-order chi connectivity index (χ1) is 12.8. The lowest BCUT2D eigenvalue weighted by Gasteiger charge is -2.24. The molecule has 3 aromatic rings. The second-order valence-electron chi connectivity index (χ2n) is 6.45. The molecule has 1 aliphatic rings. The summed E-state index contributed by atoms with van der Waals surface area (Å²) in [5.41, 5.74) is 2.08. The average Bonchev–Trinajstić information content (AvgIpc) is 3.33. The normalized spacial score (nSPS) is 20.4. The predicted molar refractivity (Wildman–Crippen MR) is 95.9 cm³/mol. The smallest absolute Gasteiger partial charge is 0.341 e. The molecule has 2 aromatic carbocycles. The fourth-order valence-corrected chi connectivity index (χ4v) is 3.51. The summed E-state index contributed by atoms with van der Waals surface area (Å²) in [5, 5.41) is 20.2. The molecule has 0 bridgehead atoms. The summed E-state index contributed by atoms with van der Waals surface area (Å²) in [6, 6.07) is 20.2. The van der Waals surface area contributed by atoms with Gasteiger partial charge in [0.15, 0.2) is 0 Å². The second-order valence-corrected chi connectivity index (χ2v) is 6.45. The minimum absolute atomic E-state index is 0.0173. The first-order valence-electron chi connectivity index (χ1n) is 8.82. The lowest BCUT2D eigenvalue weighted by atomic mass is 10.0. The van der Waals surface area contributed by atoms with E-state index in [1.165, 1.54) is 10.5 Å². The fourth-order valence-electron chi connectivity index (χ4n) is 3.51. The van der Waals surface area contributed by atoms with Gasteiger partial charge in [-0.3, -0.25) is 0 Å². The Morgan fingerprint density at radius 3 is 2.58 bits per heavy atom. The zero-order valence-electron chi connectivity index (χ0n) is 14.3. The Kier molecular flexibility index (Phi) is 4.75. The van der Waals surface area contributed by atoms with Gasteiger partial charge >= 0.3 is 6.01 Å². The highest BCUT2D eigenvalue weighted by Gasteiger charge is 2.29. The van der Waals surface area contributed by atoms with Crippen LogP contribution in [0.2, 0.25) is 0 Å². The van der Waals surface area contributed by atoms with Gasteiger partial charge in [0.1, 0.15) is 12.6 Å². The van der Waals surface area contributed by atoms with E-state index in [1.807, 2.05) is 48.5 Å². The van der Waals surface area contributed by atoms with Gasteiger partial charge in [-0.1, -0.05) is 53.6 Å². The molecule has 0 amide bonds.